The van der Waals surface area contributed by atoms with Crippen LogP contribution in [-0.2, 0) is 6.42 Å². The first-order chi connectivity index (χ1) is 9.11. The molecule has 3 heteroatoms. The normalized spacial score (nSPS) is 12.6. The standard InChI is InChI=1S/C16H22N2O/c1-11-9-13(3)15(10-12(11)2)16(18-17)7-6-14-5-4-8-19-14/h4-5,8-10,16,18H,6-7,17H2,1-3H3. The smallest absolute Gasteiger partial charge is 0.103 e. The fourth-order valence-electron chi connectivity index (χ4n) is 2.43. The summed E-state index contributed by atoms with van der Waals surface area (Å²) in [5.41, 5.74) is 8.11. The monoisotopic (exact) mass is 258 g/mol. The Bertz CT molecular complexity index is 532. The second-order valence-electron chi connectivity index (χ2n) is 5.13. The van der Waals surface area contributed by atoms with Gasteiger partial charge in [0.25, 0.3) is 0 Å². The van der Waals surface area contributed by atoms with Crippen LogP contribution in [0.4, 0.5) is 0 Å². The Hall–Kier alpha value is -1.58. The average Bonchev–Trinajstić information content (AvgIpc) is 2.89. The summed E-state index contributed by atoms with van der Waals surface area (Å²) in [4.78, 5) is 0. The van der Waals surface area contributed by atoms with Crippen molar-refractivity contribution in [3.63, 3.8) is 0 Å². The lowest BCUT2D eigenvalue weighted by Crippen LogP contribution is -2.29. The number of benzene rings is 1. The fourth-order valence-corrected chi connectivity index (χ4v) is 2.43. The minimum Gasteiger partial charge on any atom is -0.469 e. The highest BCUT2D eigenvalue weighted by Crippen LogP contribution is 2.25. The van der Waals surface area contributed by atoms with Crippen molar-refractivity contribution in [1.29, 1.82) is 0 Å². The number of hydrogen-bond donors (Lipinski definition) is 2. The summed E-state index contributed by atoms with van der Waals surface area (Å²) in [6, 6.07) is 8.53. The van der Waals surface area contributed by atoms with Crippen LogP contribution in [0.2, 0.25) is 0 Å². The van der Waals surface area contributed by atoms with Gasteiger partial charge in [0.2, 0.25) is 0 Å². The second-order valence-corrected chi connectivity index (χ2v) is 5.13. The zero-order chi connectivity index (χ0) is 13.8. The molecule has 1 unspecified atom stereocenters. The van der Waals surface area contributed by atoms with Crippen molar-refractivity contribution in [3.8, 4) is 0 Å². The molecule has 0 saturated carbocycles. The second kappa shape index (κ2) is 6.04. The first-order valence-corrected chi connectivity index (χ1v) is 6.68. The number of hydrazine groups is 1. The van der Waals surface area contributed by atoms with E-state index in [4.69, 9.17) is 10.3 Å². The maximum Gasteiger partial charge on any atom is 0.103 e. The Morgan fingerprint density at radius 3 is 2.53 bits per heavy atom. The molecule has 19 heavy (non-hydrogen) atoms. The highest BCUT2D eigenvalue weighted by molar-refractivity contribution is 5.38. The van der Waals surface area contributed by atoms with E-state index in [-0.39, 0.29) is 6.04 Å². The number of aryl methyl sites for hydroxylation is 4. The molecule has 2 aromatic rings. The van der Waals surface area contributed by atoms with E-state index in [1.54, 1.807) is 6.26 Å². The minimum atomic E-state index is 0.157. The van der Waals surface area contributed by atoms with Crippen molar-refractivity contribution in [2.24, 2.45) is 5.84 Å². The third-order valence-electron chi connectivity index (χ3n) is 3.72. The molecule has 0 spiro atoms. The van der Waals surface area contributed by atoms with Gasteiger partial charge in [0, 0.05) is 12.5 Å². The lowest BCUT2D eigenvalue weighted by atomic mass is 9.93. The molecule has 0 aliphatic heterocycles. The van der Waals surface area contributed by atoms with E-state index in [9.17, 15) is 0 Å². The number of hydrogen-bond acceptors (Lipinski definition) is 3. The van der Waals surface area contributed by atoms with Gasteiger partial charge in [-0.2, -0.15) is 0 Å². The van der Waals surface area contributed by atoms with Crippen LogP contribution in [0.3, 0.4) is 0 Å². The van der Waals surface area contributed by atoms with Gasteiger partial charge < -0.3 is 4.42 Å². The Morgan fingerprint density at radius 2 is 1.89 bits per heavy atom. The third-order valence-corrected chi connectivity index (χ3v) is 3.72. The molecular weight excluding hydrogens is 236 g/mol. The average molecular weight is 258 g/mol. The quantitative estimate of drug-likeness (QED) is 0.639. The molecule has 102 valence electrons. The first kappa shape index (κ1) is 13.8. The van der Waals surface area contributed by atoms with Crippen LogP contribution in [0.1, 0.15) is 40.5 Å². The van der Waals surface area contributed by atoms with Crippen LogP contribution in [0, 0.1) is 20.8 Å². The predicted octanol–water partition coefficient (Wildman–Crippen LogP) is 3.34. The third kappa shape index (κ3) is 3.25. The molecule has 1 aromatic carbocycles. The van der Waals surface area contributed by atoms with E-state index in [0.29, 0.717) is 0 Å². The maximum absolute atomic E-state index is 5.72. The van der Waals surface area contributed by atoms with Crippen molar-refractivity contribution >= 4 is 0 Å². The number of nitrogens with one attached hydrogen (secondary N) is 1. The molecule has 1 atom stereocenters. The number of nitrogens with two attached hydrogens (primary N) is 1. The fraction of sp³-hybridized carbons (Fsp3) is 0.375. The van der Waals surface area contributed by atoms with E-state index in [0.717, 1.165) is 18.6 Å². The Labute approximate surface area is 114 Å². The lowest BCUT2D eigenvalue weighted by molar-refractivity contribution is 0.457. The molecule has 1 aromatic heterocycles. The molecular formula is C16H22N2O. The predicted molar refractivity (Wildman–Crippen MR) is 77.7 cm³/mol. The van der Waals surface area contributed by atoms with Gasteiger partial charge in [-0.05, 0) is 61.6 Å². The maximum atomic E-state index is 5.72. The summed E-state index contributed by atoms with van der Waals surface area (Å²) in [5.74, 6) is 6.72. The Kier molecular flexibility index (Phi) is 4.40. The van der Waals surface area contributed by atoms with Gasteiger partial charge in [-0.3, -0.25) is 11.3 Å². The molecule has 0 aliphatic carbocycles. The van der Waals surface area contributed by atoms with Crippen LogP contribution >= 0.6 is 0 Å². The van der Waals surface area contributed by atoms with Gasteiger partial charge in [0.15, 0.2) is 0 Å². The van der Waals surface area contributed by atoms with Gasteiger partial charge in [-0.25, -0.2) is 0 Å². The molecule has 0 fully saturated rings. The van der Waals surface area contributed by atoms with E-state index in [2.05, 4.69) is 38.3 Å². The summed E-state index contributed by atoms with van der Waals surface area (Å²) in [6.45, 7) is 6.41. The van der Waals surface area contributed by atoms with Crippen molar-refractivity contribution in [2.75, 3.05) is 0 Å². The molecule has 0 bridgehead atoms. The summed E-state index contributed by atoms with van der Waals surface area (Å²) in [7, 11) is 0. The Morgan fingerprint density at radius 1 is 1.16 bits per heavy atom. The molecule has 0 aliphatic rings. The summed E-state index contributed by atoms with van der Waals surface area (Å²) in [6.07, 6.45) is 3.52. The molecule has 0 amide bonds. The summed E-state index contributed by atoms with van der Waals surface area (Å²) < 4.78 is 5.37. The van der Waals surface area contributed by atoms with E-state index in [1.165, 1.54) is 22.3 Å². The van der Waals surface area contributed by atoms with Crippen molar-refractivity contribution < 1.29 is 4.42 Å². The minimum absolute atomic E-state index is 0.157. The first-order valence-electron chi connectivity index (χ1n) is 6.68. The van der Waals surface area contributed by atoms with Crippen LogP contribution in [-0.4, -0.2) is 0 Å². The van der Waals surface area contributed by atoms with Crippen molar-refractivity contribution in [1.82, 2.24) is 5.43 Å². The zero-order valence-corrected chi connectivity index (χ0v) is 11.9. The molecule has 0 saturated heterocycles. The van der Waals surface area contributed by atoms with Crippen molar-refractivity contribution in [3.05, 3.63) is 58.5 Å². The number of furan rings is 1. The van der Waals surface area contributed by atoms with Crippen LogP contribution in [0.15, 0.2) is 34.9 Å². The summed E-state index contributed by atoms with van der Waals surface area (Å²) >= 11 is 0. The largest absolute Gasteiger partial charge is 0.469 e. The van der Waals surface area contributed by atoms with Gasteiger partial charge in [-0.15, -0.1) is 0 Å². The molecule has 1 heterocycles. The van der Waals surface area contributed by atoms with Crippen LogP contribution in [0.25, 0.3) is 0 Å². The van der Waals surface area contributed by atoms with Crippen LogP contribution in [0.5, 0.6) is 0 Å². The molecule has 3 N–H and O–H groups in total. The highest BCUT2D eigenvalue weighted by Gasteiger charge is 2.14. The van der Waals surface area contributed by atoms with Gasteiger partial charge in [-0.1, -0.05) is 12.1 Å². The van der Waals surface area contributed by atoms with Crippen LogP contribution < -0.4 is 11.3 Å². The van der Waals surface area contributed by atoms with Gasteiger partial charge in [0.1, 0.15) is 5.76 Å². The lowest BCUT2D eigenvalue weighted by Gasteiger charge is -2.19. The molecule has 2 rings (SSSR count). The van der Waals surface area contributed by atoms with Crippen molar-refractivity contribution in [2.45, 2.75) is 39.7 Å². The zero-order valence-electron chi connectivity index (χ0n) is 11.9. The Balaban J connectivity index is 2.15. The highest BCUT2D eigenvalue weighted by atomic mass is 16.3. The van der Waals surface area contributed by atoms with E-state index >= 15 is 0 Å². The number of rotatable bonds is 5. The van der Waals surface area contributed by atoms with Gasteiger partial charge >= 0.3 is 0 Å². The topological polar surface area (TPSA) is 51.2 Å². The van der Waals surface area contributed by atoms with Gasteiger partial charge in [0.05, 0.1) is 6.26 Å². The van der Waals surface area contributed by atoms with E-state index < -0.39 is 0 Å². The van der Waals surface area contributed by atoms with E-state index in [1.807, 2.05) is 12.1 Å². The SMILES string of the molecule is Cc1cc(C)c(C(CCc2ccco2)NN)cc1C. The summed E-state index contributed by atoms with van der Waals surface area (Å²) in [5, 5.41) is 0. The molecule has 0 radical (unpaired) electrons. The molecule has 3 nitrogen and oxygen atoms in total.